The summed E-state index contributed by atoms with van der Waals surface area (Å²) >= 11 is 6.26. The number of ether oxygens (including phenoxy) is 1. The molecule has 2 atom stereocenters. The van der Waals surface area contributed by atoms with Crippen LogP contribution in [0.3, 0.4) is 0 Å². The van der Waals surface area contributed by atoms with Crippen molar-refractivity contribution in [3.63, 3.8) is 0 Å². The van der Waals surface area contributed by atoms with Gasteiger partial charge in [0.15, 0.2) is 5.75 Å². The number of aromatic hydroxyl groups is 1. The van der Waals surface area contributed by atoms with Gasteiger partial charge in [0, 0.05) is 11.6 Å². The third-order valence-electron chi connectivity index (χ3n) is 4.42. The number of halogens is 2. The summed E-state index contributed by atoms with van der Waals surface area (Å²) in [6.45, 7) is 0.184. The molecule has 3 aromatic rings. The Balaban J connectivity index is 1.77. The zero-order valence-electron chi connectivity index (χ0n) is 14.4. The van der Waals surface area contributed by atoms with Crippen molar-refractivity contribution in [2.24, 2.45) is 0 Å². The summed E-state index contributed by atoms with van der Waals surface area (Å²) in [5.74, 6) is -1.25. The van der Waals surface area contributed by atoms with Crippen molar-refractivity contribution >= 4 is 22.0 Å². The number of epoxide rings is 1. The van der Waals surface area contributed by atoms with Crippen molar-refractivity contribution in [3.05, 3.63) is 71.0 Å². The van der Waals surface area contributed by atoms with Gasteiger partial charge in [-0.2, -0.15) is 13.5 Å². The molecule has 0 saturated carbocycles. The molecule has 1 aliphatic rings. The quantitative estimate of drug-likeness (QED) is 0.441. The van der Waals surface area contributed by atoms with E-state index >= 15 is 0 Å². The number of benzene rings is 2. The van der Waals surface area contributed by atoms with Crippen LogP contribution < -0.4 is 4.18 Å². The Kier molecular flexibility index (Phi) is 4.69. The average Bonchev–Trinajstić information content (AvgIpc) is 3.11. The van der Waals surface area contributed by atoms with E-state index in [1.165, 1.54) is 35.5 Å². The van der Waals surface area contributed by atoms with Crippen LogP contribution in [0.25, 0.3) is 0 Å². The molecule has 1 fully saturated rings. The Labute approximate surface area is 169 Å². The molecule has 29 heavy (non-hydrogen) atoms. The molecular weight excluding hydrogens is 429 g/mol. The average molecular weight is 442 g/mol. The van der Waals surface area contributed by atoms with E-state index < -0.39 is 33.7 Å². The molecule has 152 valence electrons. The molecule has 0 amide bonds. The second kappa shape index (κ2) is 6.95. The third kappa shape index (κ3) is 3.90. The standard InChI is InChI=1S/C17H13ClFN3O6S/c18-15-13(5-12(23)6-14(15)28-29(24,25)26)16-17(27-16,7-22-9-20-8-21-22)10-1-3-11(19)4-2-10/h1-6,8-9,16,23H,7H2,(H,24,25,26). The van der Waals surface area contributed by atoms with Gasteiger partial charge in [0.1, 0.15) is 35.9 Å². The van der Waals surface area contributed by atoms with Crippen LogP contribution in [-0.4, -0.2) is 32.8 Å². The fraction of sp³-hybridized carbons (Fsp3) is 0.176. The number of aromatic nitrogens is 3. The molecule has 2 heterocycles. The summed E-state index contributed by atoms with van der Waals surface area (Å²) in [4.78, 5) is 3.88. The number of rotatable bonds is 6. The summed E-state index contributed by atoms with van der Waals surface area (Å²) in [6.07, 6.45) is 2.07. The first-order valence-electron chi connectivity index (χ1n) is 8.13. The first-order valence-corrected chi connectivity index (χ1v) is 9.88. The SMILES string of the molecule is O=S(=O)(O)Oc1cc(O)cc(C2OC2(Cn2cncn2)c2ccc(F)cc2)c1Cl. The fourth-order valence-corrected chi connectivity index (χ4v) is 3.83. The predicted octanol–water partition coefficient (Wildman–Crippen LogP) is 2.62. The van der Waals surface area contributed by atoms with E-state index in [4.69, 9.17) is 20.9 Å². The second-order valence-corrected chi connectivity index (χ2v) is 7.75. The van der Waals surface area contributed by atoms with Gasteiger partial charge in [0.25, 0.3) is 0 Å². The first kappa shape index (κ1) is 19.6. The highest BCUT2D eigenvalue weighted by Gasteiger charge is 2.60. The highest BCUT2D eigenvalue weighted by atomic mass is 35.5. The lowest BCUT2D eigenvalue weighted by atomic mass is 9.91. The van der Waals surface area contributed by atoms with E-state index in [1.54, 1.807) is 12.1 Å². The molecule has 2 unspecified atom stereocenters. The molecule has 9 nitrogen and oxygen atoms in total. The largest absolute Gasteiger partial charge is 0.508 e. The fourth-order valence-electron chi connectivity index (χ4n) is 3.18. The minimum atomic E-state index is -4.87. The number of phenols is 1. The predicted molar refractivity (Wildman–Crippen MR) is 97.2 cm³/mol. The molecule has 2 aromatic carbocycles. The Morgan fingerprint density at radius 3 is 2.66 bits per heavy atom. The smallest absolute Gasteiger partial charge is 0.446 e. The molecule has 0 aliphatic carbocycles. The maximum atomic E-state index is 13.4. The summed E-state index contributed by atoms with van der Waals surface area (Å²) in [5.41, 5.74) is -0.209. The number of nitrogens with zero attached hydrogens (tertiary/aromatic N) is 3. The Morgan fingerprint density at radius 2 is 2.03 bits per heavy atom. The van der Waals surface area contributed by atoms with Crippen molar-refractivity contribution in [2.45, 2.75) is 18.2 Å². The van der Waals surface area contributed by atoms with Crippen molar-refractivity contribution in [1.82, 2.24) is 14.8 Å². The van der Waals surface area contributed by atoms with Crippen LogP contribution in [0.2, 0.25) is 5.02 Å². The molecule has 4 rings (SSSR count). The molecule has 1 aromatic heterocycles. The maximum Gasteiger partial charge on any atom is 0.446 e. The summed E-state index contributed by atoms with van der Waals surface area (Å²) in [5, 5.41) is 13.9. The topological polar surface area (TPSA) is 127 Å². The molecule has 2 N–H and O–H groups in total. The van der Waals surface area contributed by atoms with Crippen molar-refractivity contribution in [3.8, 4) is 11.5 Å². The first-order chi connectivity index (χ1) is 13.7. The number of phenolic OH excluding ortho intramolecular Hbond substituents is 1. The molecule has 0 radical (unpaired) electrons. The lowest BCUT2D eigenvalue weighted by molar-refractivity contribution is 0.262. The van der Waals surface area contributed by atoms with Crippen LogP contribution >= 0.6 is 11.6 Å². The monoisotopic (exact) mass is 441 g/mol. The van der Waals surface area contributed by atoms with E-state index in [9.17, 15) is 17.9 Å². The van der Waals surface area contributed by atoms with Crippen molar-refractivity contribution < 1.29 is 31.4 Å². The van der Waals surface area contributed by atoms with Crippen LogP contribution in [0.4, 0.5) is 4.39 Å². The van der Waals surface area contributed by atoms with Crippen molar-refractivity contribution in [1.29, 1.82) is 0 Å². The van der Waals surface area contributed by atoms with Crippen molar-refractivity contribution in [2.75, 3.05) is 0 Å². The van der Waals surface area contributed by atoms with E-state index in [1.807, 2.05) is 0 Å². The minimum absolute atomic E-state index is 0.173. The van der Waals surface area contributed by atoms with Gasteiger partial charge in [-0.05, 0) is 23.8 Å². The van der Waals surface area contributed by atoms with Gasteiger partial charge >= 0.3 is 10.4 Å². The number of hydrogen-bond donors (Lipinski definition) is 2. The van der Waals surface area contributed by atoms with E-state index in [0.29, 0.717) is 5.56 Å². The lowest BCUT2D eigenvalue weighted by Gasteiger charge is -2.15. The molecule has 12 heteroatoms. The van der Waals surface area contributed by atoms with E-state index in [-0.39, 0.29) is 22.9 Å². The van der Waals surface area contributed by atoms with Crippen LogP contribution in [0.15, 0.2) is 49.1 Å². The summed E-state index contributed by atoms with van der Waals surface area (Å²) in [7, 11) is -4.87. The molecule has 1 saturated heterocycles. The van der Waals surface area contributed by atoms with Gasteiger partial charge in [-0.3, -0.25) is 4.55 Å². The lowest BCUT2D eigenvalue weighted by Crippen LogP contribution is -2.19. The Hall–Kier alpha value is -2.73. The molecular formula is C17H13ClFN3O6S. The zero-order chi connectivity index (χ0) is 20.8. The van der Waals surface area contributed by atoms with Gasteiger partial charge < -0.3 is 14.0 Å². The summed E-state index contributed by atoms with van der Waals surface area (Å²) in [6, 6.07) is 7.86. The highest BCUT2D eigenvalue weighted by Crippen LogP contribution is 2.60. The summed E-state index contributed by atoms with van der Waals surface area (Å²) < 4.78 is 56.3. The Bertz CT molecular complexity index is 1160. The second-order valence-electron chi connectivity index (χ2n) is 6.35. The minimum Gasteiger partial charge on any atom is -0.508 e. The molecule has 0 bridgehead atoms. The van der Waals surface area contributed by atoms with Gasteiger partial charge in [-0.15, -0.1) is 0 Å². The van der Waals surface area contributed by atoms with Gasteiger partial charge in [0.05, 0.1) is 11.6 Å². The van der Waals surface area contributed by atoms with E-state index in [0.717, 1.165) is 6.07 Å². The van der Waals surface area contributed by atoms with E-state index in [2.05, 4.69) is 14.3 Å². The third-order valence-corrected chi connectivity index (χ3v) is 5.22. The van der Waals surface area contributed by atoms with Gasteiger partial charge in [0.2, 0.25) is 0 Å². The normalized spacial score (nSPS) is 21.1. The van der Waals surface area contributed by atoms with Crippen LogP contribution in [0, 0.1) is 5.82 Å². The van der Waals surface area contributed by atoms with Crippen LogP contribution in [-0.2, 0) is 27.3 Å². The Morgan fingerprint density at radius 1 is 1.31 bits per heavy atom. The maximum absolute atomic E-state index is 13.4. The van der Waals surface area contributed by atoms with Crippen LogP contribution in [0.1, 0.15) is 17.2 Å². The zero-order valence-corrected chi connectivity index (χ0v) is 16.0. The highest BCUT2D eigenvalue weighted by molar-refractivity contribution is 7.81. The van der Waals surface area contributed by atoms with Gasteiger partial charge in [-0.25, -0.2) is 14.1 Å². The number of hydrogen-bond acceptors (Lipinski definition) is 7. The molecule has 1 aliphatic heterocycles. The molecule has 0 spiro atoms. The van der Waals surface area contributed by atoms with Crippen LogP contribution in [0.5, 0.6) is 11.5 Å². The van der Waals surface area contributed by atoms with Gasteiger partial charge in [-0.1, -0.05) is 23.7 Å².